The van der Waals surface area contributed by atoms with Crippen LogP contribution in [0.1, 0.15) is 11.9 Å². The maximum Gasteiger partial charge on any atom is 0.416 e. The number of carbonyl (C=O) groups excluding carboxylic acids is 1. The molecule has 4 atom stereocenters. The number of rotatable bonds is 4. The second-order valence-electron chi connectivity index (χ2n) is 8.77. The molecular weight excluding hydrogens is 470 g/mol. The average Bonchev–Trinajstić information content (AvgIpc) is 3.31. The van der Waals surface area contributed by atoms with Crippen LogP contribution in [0.3, 0.4) is 0 Å². The number of ether oxygens (including phenoxy) is 1. The molecule has 2 aromatic heterocycles. The first-order valence-corrected chi connectivity index (χ1v) is 12.3. The lowest BCUT2D eigenvalue weighted by Crippen LogP contribution is -2.31. The third-order valence-electron chi connectivity index (χ3n) is 6.84. The van der Waals surface area contributed by atoms with Gasteiger partial charge >= 0.3 is 6.09 Å². The summed E-state index contributed by atoms with van der Waals surface area (Å²) in [4.78, 5) is 17.7. The molecule has 3 fully saturated rings. The average molecular weight is 488 g/mol. The second kappa shape index (κ2) is 7.03. The van der Waals surface area contributed by atoms with Crippen molar-refractivity contribution in [3.05, 3.63) is 60.2 Å². The highest BCUT2D eigenvalue weighted by Crippen LogP contribution is 2.60. The molecule has 2 aliphatic heterocycles. The number of cyclic esters (lactones) is 1. The molecular formula is C21H18F2N6O4S. The van der Waals surface area contributed by atoms with Gasteiger partial charge < -0.3 is 10.5 Å². The van der Waals surface area contributed by atoms with E-state index in [2.05, 4.69) is 15.3 Å². The van der Waals surface area contributed by atoms with Gasteiger partial charge in [-0.1, -0.05) is 11.3 Å². The first kappa shape index (κ1) is 21.1. The Bertz CT molecular complexity index is 1370. The van der Waals surface area contributed by atoms with Gasteiger partial charge in [0.1, 0.15) is 11.6 Å². The van der Waals surface area contributed by atoms with Crippen LogP contribution >= 0.6 is 0 Å². The topological polar surface area (TPSA) is 133 Å². The molecule has 0 bridgehead atoms. The lowest BCUT2D eigenvalue weighted by molar-refractivity contribution is 0.0922. The fourth-order valence-corrected chi connectivity index (χ4v) is 7.27. The van der Waals surface area contributed by atoms with E-state index in [9.17, 15) is 13.2 Å². The van der Waals surface area contributed by atoms with Crippen molar-refractivity contribution in [3.8, 4) is 11.1 Å². The van der Waals surface area contributed by atoms with Crippen molar-refractivity contribution in [2.75, 3.05) is 23.0 Å². The maximum absolute atomic E-state index is 15.0. The molecule has 2 saturated heterocycles. The molecule has 10 nitrogen and oxygen atoms in total. The van der Waals surface area contributed by atoms with E-state index in [1.54, 1.807) is 6.07 Å². The fourth-order valence-electron chi connectivity index (χ4n) is 5.02. The summed E-state index contributed by atoms with van der Waals surface area (Å²) < 4.78 is 60.0. The Kier molecular flexibility index (Phi) is 4.36. The molecule has 176 valence electrons. The summed E-state index contributed by atoms with van der Waals surface area (Å²) in [6.45, 7) is 0.00725. The highest BCUT2D eigenvalue weighted by atomic mass is 32.2. The van der Waals surface area contributed by atoms with Crippen LogP contribution in [0.25, 0.3) is 11.1 Å². The Morgan fingerprint density at radius 2 is 1.85 bits per heavy atom. The second-order valence-corrected chi connectivity index (χ2v) is 10.9. The number of hydrogen-bond acceptors (Lipinski definition) is 8. The number of sulfone groups is 1. The Labute approximate surface area is 192 Å². The van der Waals surface area contributed by atoms with Gasteiger partial charge in [-0.25, -0.2) is 26.7 Å². The summed E-state index contributed by atoms with van der Waals surface area (Å²) in [5, 5.41) is 7.43. The van der Waals surface area contributed by atoms with Gasteiger partial charge in [-0.3, -0.25) is 9.88 Å². The lowest BCUT2D eigenvalue weighted by atomic mass is 10.0. The van der Waals surface area contributed by atoms with E-state index in [0.29, 0.717) is 5.69 Å². The van der Waals surface area contributed by atoms with Gasteiger partial charge in [0, 0.05) is 29.8 Å². The molecule has 1 amide bonds. The van der Waals surface area contributed by atoms with Crippen molar-refractivity contribution in [2.45, 2.75) is 11.8 Å². The van der Waals surface area contributed by atoms with Gasteiger partial charge in [0.25, 0.3) is 0 Å². The number of nitrogens with two attached hydrogens (primary N) is 1. The van der Waals surface area contributed by atoms with Crippen LogP contribution in [0.4, 0.5) is 19.3 Å². The highest BCUT2D eigenvalue weighted by Gasteiger charge is 2.69. The van der Waals surface area contributed by atoms with E-state index in [-0.39, 0.29) is 46.7 Å². The zero-order valence-corrected chi connectivity index (χ0v) is 18.3. The molecule has 1 aliphatic carbocycles. The monoisotopic (exact) mass is 488 g/mol. The summed E-state index contributed by atoms with van der Waals surface area (Å²) in [5.41, 5.74) is 5.96. The standard InChI is InChI=1S/C21H18F2N6O4S/c22-15-5-12(28-8-18(33-20(28)30)29-4-3-26-27-29)6-16(23)19(15)11-1-2-17(25-7-11)21(24)13-9-34(31,32)10-14(13)21/h1-7,13-14,18H,8-10,24H2/t13-,14+,18?,21?. The molecule has 0 spiro atoms. The van der Waals surface area contributed by atoms with Gasteiger partial charge in [0.2, 0.25) is 6.23 Å². The first-order valence-electron chi connectivity index (χ1n) is 10.5. The van der Waals surface area contributed by atoms with Crippen LogP contribution in [0.5, 0.6) is 0 Å². The predicted molar refractivity (Wildman–Crippen MR) is 114 cm³/mol. The first-order chi connectivity index (χ1) is 16.2. The van der Waals surface area contributed by atoms with Crippen molar-refractivity contribution in [2.24, 2.45) is 17.6 Å². The molecule has 2 unspecified atom stereocenters. The molecule has 34 heavy (non-hydrogen) atoms. The SMILES string of the molecule is NC1(c2ccc(-c3c(F)cc(N4CC(n5ccnn5)OC4=O)cc3F)cn2)[C@@H]2CS(=O)(=O)C[C@@H]21. The van der Waals surface area contributed by atoms with Crippen molar-refractivity contribution < 1.29 is 26.7 Å². The third-order valence-corrected chi connectivity index (χ3v) is 8.57. The zero-order valence-electron chi connectivity index (χ0n) is 17.5. The van der Waals surface area contributed by atoms with Gasteiger partial charge in [0.05, 0.1) is 46.7 Å². The minimum atomic E-state index is -3.07. The van der Waals surface area contributed by atoms with E-state index in [0.717, 1.165) is 17.0 Å². The van der Waals surface area contributed by atoms with Crippen LogP contribution in [0.15, 0.2) is 42.9 Å². The minimum absolute atomic E-state index is 0.00358. The van der Waals surface area contributed by atoms with Gasteiger partial charge in [0.15, 0.2) is 9.84 Å². The minimum Gasteiger partial charge on any atom is -0.421 e. The van der Waals surface area contributed by atoms with E-state index in [4.69, 9.17) is 10.5 Å². The Morgan fingerprint density at radius 1 is 1.15 bits per heavy atom. The van der Waals surface area contributed by atoms with Crippen molar-refractivity contribution in [3.63, 3.8) is 0 Å². The Morgan fingerprint density at radius 3 is 2.44 bits per heavy atom. The third kappa shape index (κ3) is 3.10. The number of nitrogens with zero attached hydrogens (tertiary/aromatic N) is 5. The Hall–Kier alpha value is -3.45. The smallest absolute Gasteiger partial charge is 0.416 e. The maximum atomic E-state index is 15.0. The summed E-state index contributed by atoms with van der Waals surface area (Å²) in [7, 11) is -3.07. The van der Waals surface area contributed by atoms with E-state index >= 15 is 8.78 Å². The van der Waals surface area contributed by atoms with Crippen molar-refractivity contribution in [1.29, 1.82) is 0 Å². The van der Waals surface area contributed by atoms with Crippen LogP contribution in [-0.4, -0.2) is 52.5 Å². The number of aromatic nitrogens is 4. The molecule has 6 rings (SSSR count). The fraction of sp³-hybridized carbons (Fsp3) is 0.333. The van der Waals surface area contributed by atoms with Crippen molar-refractivity contribution in [1.82, 2.24) is 20.0 Å². The number of fused-ring (bicyclic) bond motifs is 1. The highest BCUT2D eigenvalue weighted by molar-refractivity contribution is 7.91. The summed E-state index contributed by atoms with van der Waals surface area (Å²) >= 11 is 0. The molecule has 13 heteroatoms. The molecule has 1 saturated carbocycles. The molecule has 2 N–H and O–H groups in total. The zero-order chi connectivity index (χ0) is 23.8. The van der Waals surface area contributed by atoms with E-state index in [1.165, 1.54) is 29.3 Å². The largest absolute Gasteiger partial charge is 0.421 e. The lowest BCUT2D eigenvalue weighted by Gasteiger charge is -2.17. The van der Waals surface area contributed by atoms with Crippen LogP contribution < -0.4 is 10.6 Å². The van der Waals surface area contributed by atoms with E-state index < -0.39 is 39.3 Å². The number of hydrogen-bond donors (Lipinski definition) is 1. The molecule has 1 aromatic carbocycles. The summed E-state index contributed by atoms with van der Waals surface area (Å²) in [5.74, 6) is -2.08. The molecule has 3 aromatic rings. The van der Waals surface area contributed by atoms with E-state index in [1.807, 2.05) is 0 Å². The van der Waals surface area contributed by atoms with Gasteiger partial charge in [-0.2, -0.15) is 0 Å². The number of amides is 1. The van der Waals surface area contributed by atoms with Crippen LogP contribution in [-0.2, 0) is 20.1 Å². The number of halogens is 2. The normalized spacial score (nSPS) is 29.2. The van der Waals surface area contributed by atoms with Crippen molar-refractivity contribution >= 4 is 21.6 Å². The van der Waals surface area contributed by atoms with Gasteiger partial charge in [-0.05, 0) is 18.2 Å². The number of pyridine rings is 1. The Balaban J connectivity index is 1.25. The molecule has 4 heterocycles. The number of benzene rings is 1. The van der Waals surface area contributed by atoms with Gasteiger partial charge in [-0.15, -0.1) is 5.10 Å². The summed E-state index contributed by atoms with van der Waals surface area (Å²) in [6.07, 6.45) is 2.73. The summed E-state index contributed by atoms with van der Waals surface area (Å²) in [6, 6.07) is 5.19. The molecule has 3 aliphatic rings. The molecule has 0 radical (unpaired) electrons. The number of carbonyl (C=O) groups is 1. The number of anilines is 1. The van der Waals surface area contributed by atoms with Crippen LogP contribution in [0, 0.1) is 23.5 Å². The quantitative estimate of drug-likeness (QED) is 0.586. The van der Waals surface area contributed by atoms with Crippen LogP contribution in [0.2, 0.25) is 0 Å². The predicted octanol–water partition coefficient (Wildman–Crippen LogP) is 1.60.